The SMILES string of the molecule is O=C(O)CC1(c2cn[nH]c2-c2ccccc2)CCC1. The molecule has 4 heteroatoms. The Hall–Kier alpha value is -2.10. The van der Waals surface area contributed by atoms with Gasteiger partial charge in [-0.05, 0) is 18.4 Å². The van der Waals surface area contributed by atoms with E-state index in [-0.39, 0.29) is 11.8 Å². The number of carboxylic acids is 1. The van der Waals surface area contributed by atoms with Gasteiger partial charge in [0.1, 0.15) is 0 Å². The number of carboxylic acid groups (broad SMARTS) is 1. The van der Waals surface area contributed by atoms with E-state index in [0.717, 1.165) is 36.1 Å². The Balaban J connectivity index is 2.02. The van der Waals surface area contributed by atoms with Crippen LogP contribution in [0.25, 0.3) is 11.3 Å². The lowest BCUT2D eigenvalue weighted by atomic mass is 9.62. The van der Waals surface area contributed by atoms with E-state index >= 15 is 0 Å². The maximum Gasteiger partial charge on any atom is 0.304 e. The topological polar surface area (TPSA) is 66.0 Å². The van der Waals surface area contributed by atoms with Gasteiger partial charge in [0.25, 0.3) is 0 Å². The van der Waals surface area contributed by atoms with E-state index in [1.807, 2.05) is 30.3 Å². The highest BCUT2D eigenvalue weighted by molar-refractivity contribution is 5.72. The maximum absolute atomic E-state index is 11.1. The van der Waals surface area contributed by atoms with Crippen LogP contribution in [0.15, 0.2) is 36.5 Å². The summed E-state index contributed by atoms with van der Waals surface area (Å²) in [6, 6.07) is 9.96. The first-order chi connectivity index (χ1) is 9.21. The quantitative estimate of drug-likeness (QED) is 0.883. The highest BCUT2D eigenvalue weighted by Crippen LogP contribution is 2.48. The van der Waals surface area contributed by atoms with Gasteiger partial charge in [-0.2, -0.15) is 5.10 Å². The fourth-order valence-corrected chi connectivity index (χ4v) is 2.95. The number of H-pyrrole nitrogens is 1. The Kier molecular flexibility index (Phi) is 2.85. The lowest BCUT2D eigenvalue weighted by Crippen LogP contribution is -2.36. The molecule has 0 bridgehead atoms. The Labute approximate surface area is 111 Å². The number of hydrogen-bond acceptors (Lipinski definition) is 2. The Morgan fingerprint density at radius 2 is 2.05 bits per heavy atom. The average molecular weight is 256 g/mol. The van der Waals surface area contributed by atoms with Crippen LogP contribution >= 0.6 is 0 Å². The van der Waals surface area contributed by atoms with Crippen molar-refractivity contribution in [2.45, 2.75) is 31.1 Å². The van der Waals surface area contributed by atoms with Gasteiger partial charge in [-0.15, -0.1) is 0 Å². The Morgan fingerprint density at radius 1 is 1.32 bits per heavy atom. The molecule has 0 amide bonds. The van der Waals surface area contributed by atoms with E-state index in [0.29, 0.717) is 0 Å². The average Bonchev–Trinajstić information content (AvgIpc) is 2.84. The fraction of sp³-hybridized carbons (Fsp3) is 0.333. The van der Waals surface area contributed by atoms with Crippen molar-refractivity contribution in [2.24, 2.45) is 0 Å². The van der Waals surface area contributed by atoms with Gasteiger partial charge in [0, 0.05) is 11.0 Å². The van der Waals surface area contributed by atoms with E-state index in [9.17, 15) is 4.79 Å². The molecule has 0 saturated heterocycles. The summed E-state index contributed by atoms with van der Waals surface area (Å²) in [5.74, 6) is -0.736. The molecule has 1 aliphatic rings. The number of nitrogens with zero attached hydrogens (tertiary/aromatic N) is 1. The molecular formula is C15H16N2O2. The fourth-order valence-electron chi connectivity index (χ4n) is 2.95. The molecule has 1 aliphatic carbocycles. The number of nitrogens with one attached hydrogen (secondary N) is 1. The van der Waals surface area contributed by atoms with Crippen LogP contribution in [0.1, 0.15) is 31.2 Å². The molecule has 0 atom stereocenters. The molecule has 1 aromatic carbocycles. The number of hydrogen-bond donors (Lipinski definition) is 2. The normalized spacial score (nSPS) is 16.8. The van der Waals surface area contributed by atoms with Gasteiger partial charge in [0.05, 0.1) is 18.3 Å². The summed E-state index contributed by atoms with van der Waals surface area (Å²) < 4.78 is 0. The third kappa shape index (κ3) is 2.03. The third-order valence-corrected chi connectivity index (χ3v) is 4.07. The van der Waals surface area contributed by atoms with Crippen molar-refractivity contribution < 1.29 is 9.90 Å². The van der Waals surface area contributed by atoms with Gasteiger partial charge in [-0.1, -0.05) is 36.8 Å². The van der Waals surface area contributed by atoms with Crippen LogP contribution in [0.3, 0.4) is 0 Å². The molecule has 1 aromatic heterocycles. The molecule has 19 heavy (non-hydrogen) atoms. The highest BCUT2D eigenvalue weighted by atomic mass is 16.4. The predicted molar refractivity (Wildman–Crippen MR) is 71.8 cm³/mol. The molecule has 0 spiro atoms. The molecule has 0 unspecified atom stereocenters. The summed E-state index contributed by atoms with van der Waals surface area (Å²) in [6.45, 7) is 0. The number of rotatable bonds is 4. The van der Waals surface area contributed by atoms with Crippen LogP contribution in [0.2, 0.25) is 0 Å². The van der Waals surface area contributed by atoms with Crippen molar-refractivity contribution in [3.8, 4) is 11.3 Å². The van der Waals surface area contributed by atoms with E-state index in [1.54, 1.807) is 6.20 Å². The van der Waals surface area contributed by atoms with Crippen molar-refractivity contribution in [3.05, 3.63) is 42.1 Å². The number of aromatic nitrogens is 2. The molecule has 1 fully saturated rings. The molecular weight excluding hydrogens is 240 g/mol. The third-order valence-electron chi connectivity index (χ3n) is 4.07. The standard InChI is InChI=1S/C15H16N2O2/c18-13(19)9-15(7-4-8-15)12-10-16-17-14(12)11-5-2-1-3-6-11/h1-3,5-6,10H,4,7-9H2,(H,16,17)(H,18,19). The number of benzene rings is 1. The summed E-state index contributed by atoms with van der Waals surface area (Å²) in [7, 11) is 0. The second-order valence-corrected chi connectivity index (χ2v) is 5.23. The monoisotopic (exact) mass is 256 g/mol. The molecule has 98 valence electrons. The second-order valence-electron chi connectivity index (χ2n) is 5.23. The second kappa shape index (κ2) is 4.53. The smallest absolute Gasteiger partial charge is 0.304 e. The minimum absolute atomic E-state index is 0.187. The van der Waals surface area contributed by atoms with Crippen LogP contribution < -0.4 is 0 Å². The Bertz CT molecular complexity index is 585. The van der Waals surface area contributed by atoms with Gasteiger partial charge in [-0.25, -0.2) is 0 Å². The van der Waals surface area contributed by atoms with Crippen LogP contribution in [-0.4, -0.2) is 21.3 Å². The molecule has 0 radical (unpaired) electrons. The van der Waals surface area contributed by atoms with Gasteiger partial charge in [-0.3, -0.25) is 9.89 Å². The van der Waals surface area contributed by atoms with Crippen molar-refractivity contribution in [1.82, 2.24) is 10.2 Å². The first-order valence-corrected chi connectivity index (χ1v) is 6.52. The molecule has 4 nitrogen and oxygen atoms in total. The van der Waals surface area contributed by atoms with Crippen molar-refractivity contribution in [3.63, 3.8) is 0 Å². The molecule has 1 heterocycles. The number of carbonyl (C=O) groups is 1. The van der Waals surface area contributed by atoms with Crippen LogP contribution in [0, 0.1) is 0 Å². The minimum Gasteiger partial charge on any atom is -0.481 e. The summed E-state index contributed by atoms with van der Waals surface area (Å²) in [6.07, 6.45) is 4.93. The molecule has 1 saturated carbocycles. The lowest BCUT2D eigenvalue weighted by molar-refractivity contribution is -0.139. The molecule has 3 rings (SSSR count). The van der Waals surface area contributed by atoms with Crippen LogP contribution in [-0.2, 0) is 10.2 Å². The summed E-state index contributed by atoms with van der Waals surface area (Å²) >= 11 is 0. The van der Waals surface area contributed by atoms with E-state index in [4.69, 9.17) is 5.11 Å². The van der Waals surface area contributed by atoms with E-state index < -0.39 is 5.97 Å². The lowest BCUT2D eigenvalue weighted by Gasteiger charge is -2.41. The van der Waals surface area contributed by atoms with Crippen molar-refractivity contribution in [2.75, 3.05) is 0 Å². The maximum atomic E-state index is 11.1. The highest BCUT2D eigenvalue weighted by Gasteiger charge is 2.43. The zero-order valence-electron chi connectivity index (χ0n) is 10.6. The number of aliphatic carboxylic acids is 1. The zero-order chi connectivity index (χ0) is 13.3. The van der Waals surface area contributed by atoms with Gasteiger partial charge in [0.2, 0.25) is 0 Å². The summed E-state index contributed by atoms with van der Waals surface area (Å²) in [4.78, 5) is 11.1. The first kappa shape index (κ1) is 12.0. The summed E-state index contributed by atoms with van der Waals surface area (Å²) in [5, 5.41) is 16.3. The Morgan fingerprint density at radius 3 is 2.63 bits per heavy atom. The first-order valence-electron chi connectivity index (χ1n) is 6.52. The van der Waals surface area contributed by atoms with Crippen LogP contribution in [0.4, 0.5) is 0 Å². The van der Waals surface area contributed by atoms with E-state index in [2.05, 4.69) is 10.2 Å². The van der Waals surface area contributed by atoms with Crippen LogP contribution in [0.5, 0.6) is 0 Å². The summed E-state index contributed by atoms with van der Waals surface area (Å²) in [5.41, 5.74) is 2.84. The molecule has 2 aromatic rings. The molecule has 2 N–H and O–H groups in total. The molecule has 0 aliphatic heterocycles. The van der Waals surface area contributed by atoms with Gasteiger partial charge >= 0.3 is 5.97 Å². The number of aromatic amines is 1. The van der Waals surface area contributed by atoms with Gasteiger partial charge < -0.3 is 5.11 Å². The van der Waals surface area contributed by atoms with Crippen molar-refractivity contribution in [1.29, 1.82) is 0 Å². The van der Waals surface area contributed by atoms with Crippen molar-refractivity contribution >= 4 is 5.97 Å². The van der Waals surface area contributed by atoms with E-state index in [1.165, 1.54) is 0 Å². The predicted octanol–water partition coefficient (Wildman–Crippen LogP) is 2.97. The largest absolute Gasteiger partial charge is 0.481 e. The minimum atomic E-state index is -0.736. The van der Waals surface area contributed by atoms with Gasteiger partial charge in [0.15, 0.2) is 0 Å². The zero-order valence-corrected chi connectivity index (χ0v) is 10.6.